The lowest BCUT2D eigenvalue weighted by Crippen LogP contribution is -2.47. The Morgan fingerprint density at radius 1 is 1.39 bits per heavy atom. The van der Waals surface area contributed by atoms with Gasteiger partial charge in [-0.1, -0.05) is 0 Å². The molecule has 1 aliphatic heterocycles. The molecule has 6 nitrogen and oxygen atoms in total. The number of aliphatic carboxylic acids is 1. The summed E-state index contributed by atoms with van der Waals surface area (Å²) in [5.41, 5.74) is -2.16. The fourth-order valence-corrected chi connectivity index (χ4v) is 2.83. The normalized spacial score (nSPS) is 22.0. The van der Waals surface area contributed by atoms with Crippen molar-refractivity contribution in [2.24, 2.45) is 5.41 Å². The topological polar surface area (TPSA) is 75.4 Å². The molecule has 128 valence electrons. The smallest absolute Gasteiger partial charge is 0.406 e. The molecule has 0 aromatic carbocycles. The average Bonchev–Trinajstić information content (AvgIpc) is 3.01. The molecule has 1 atom stereocenters. The van der Waals surface area contributed by atoms with E-state index in [4.69, 9.17) is 5.11 Å². The zero-order valence-corrected chi connectivity index (χ0v) is 13.0. The Hall–Kier alpha value is -2.06. The van der Waals surface area contributed by atoms with Crippen molar-refractivity contribution in [2.45, 2.75) is 39.4 Å². The van der Waals surface area contributed by atoms with E-state index in [0.717, 1.165) is 4.90 Å². The van der Waals surface area contributed by atoms with Crippen molar-refractivity contribution in [3.05, 3.63) is 17.5 Å². The van der Waals surface area contributed by atoms with Crippen LogP contribution in [0.3, 0.4) is 0 Å². The molecule has 2 heterocycles. The summed E-state index contributed by atoms with van der Waals surface area (Å²) in [6, 6.07) is 0.00316. The zero-order chi connectivity index (χ0) is 17.6. The van der Waals surface area contributed by atoms with Gasteiger partial charge in [0.25, 0.3) is 5.91 Å². The quantitative estimate of drug-likeness (QED) is 0.920. The van der Waals surface area contributed by atoms with Crippen LogP contribution in [0.2, 0.25) is 0 Å². The number of amides is 1. The van der Waals surface area contributed by atoms with Crippen LogP contribution < -0.4 is 0 Å². The maximum atomic E-state index is 13.2. The molecule has 9 heteroatoms. The molecule has 1 N–H and O–H groups in total. The fraction of sp³-hybridized carbons (Fsp3) is 0.643. The molecule has 1 aliphatic rings. The van der Waals surface area contributed by atoms with Crippen molar-refractivity contribution in [3.8, 4) is 0 Å². The minimum Gasteiger partial charge on any atom is -0.481 e. The van der Waals surface area contributed by atoms with Crippen LogP contribution in [0.25, 0.3) is 0 Å². The van der Waals surface area contributed by atoms with Gasteiger partial charge in [-0.15, -0.1) is 0 Å². The Labute approximate surface area is 130 Å². The second-order valence-electron chi connectivity index (χ2n) is 6.04. The molecule has 1 unspecified atom stereocenters. The number of hydrogen-bond donors (Lipinski definition) is 1. The molecule has 1 aromatic rings. The molecular formula is C14H18F3N3O3. The van der Waals surface area contributed by atoms with Crippen LogP contribution in [-0.4, -0.2) is 50.9 Å². The van der Waals surface area contributed by atoms with E-state index < -0.39 is 36.4 Å². The van der Waals surface area contributed by atoms with Crippen LogP contribution in [-0.2, 0) is 4.79 Å². The largest absolute Gasteiger partial charge is 0.481 e. The van der Waals surface area contributed by atoms with Crippen molar-refractivity contribution in [1.29, 1.82) is 0 Å². The predicted octanol–water partition coefficient (Wildman–Crippen LogP) is 2.25. The van der Waals surface area contributed by atoms with Crippen molar-refractivity contribution in [3.63, 3.8) is 0 Å². The monoisotopic (exact) mass is 333 g/mol. The lowest BCUT2D eigenvalue weighted by atomic mass is 9.86. The summed E-state index contributed by atoms with van der Waals surface area (Å²) in [7, 11) is 0. The molecule has 1 fully saturated rings. The molecule has 0 spiro atoms. The van der Waals surface area contributed by atoms with Crippen LogP contribution in [0.5, 0.6) is 0 Å². The van der Waals surface area contributed by atoms with Gasteiger partial charge in [0.15, 0.2) is 5.41 Å². The molecule has 23 heavy (non-hydrogen) atoms. The molecule has 1 amide bonds. The number of carboxylic acids is 1. The van der Waals surface area contributed by atoms with Gasteiger partial charge < -0.3 is 10.0 Å². The Morgan fingerprint density at radius 3 is 2.39 bits per heavy atom. The molecule has 1 aromatic heterocycles. The van der Waals surface area contributed by atoms with E-state index in [9.17, 15) is 22.8 Å². The summed E-state index contributed by atoms with van der Waals surface area (Å²) in [4.78, 5) is 24.6. The number of hydrogen-bond acceptors (Lipinski definition) is 3. The maximum absolute atomic E-state index is 13.2. The van der Waals surface area contributed by atoms with Crippen LogP contribution in [0.1, 0.15) is 42.4 Å². The third kappa shape index (κ3) is 2.68. The first-order chi connectivity index (χ1) is 10.5. The van der Waals surface area contributed by atoms with E-state index in [1.165, 1.54) is 6.20 Å². The van der Waals surface area contributed by atoms with E-state index in [1.54, 1.807) is 11.6 Å². The Morgan fingerprint density at radius 2 is 2.00 bits per heavy atom. The average molecular weight is 333 g/mol. The lowest BCUT2D eigenvalue weighted by molar-refractivity contribution is -0.227. The summed E-state index contributed by atoms with van der Waals surface area (Å²) >= 11 is 0. The molecule has 2 rings (SSSR count). The van der Waals surface area contributed by atoms with E-state index in [2.05, 4.69) is 5.10 Å². The van der Waals surface area contributed by atoms with Crippen LogP contribution in [0, 0.1) is 12.3 Å². The summed E-state index contributed by atoms with van der Waals surface area (Å²) in [6.07, 6.45) is -4.24. The van der Waals surface area contributed by atoms with Gasteiger partial charge in [-0.3, -0.25) is 14.3 Å². The Balaban J connectivity index is 2.28. The molecule has 0 radical (unpaired) electrons. The summed E-state index contributed by atoms with van der Waals surface area (Å²) in [5.74, 6) is -2.57. The van der Waals surface area contributed by atoms with E-state index in [-0.39, 0.29) is 18.2 Å². The molecule has 0 aliphatic carbocycles. The number of nitrogens with zero attached hydrogens (tertiary/aromatic N) is 3. The van der Waals surface area contributed by atoms with Crippen LogP contribution in [0.15, 0.2) is 6.20 Å². The standard InChI is InChI=1S/C14H18F3N3O3/c1-8(2)20-9(3)10(6-18-20)11(21)19-5-4-13(7-19,12(22)23)14(15,16)17/h6,8H,4-5,7H2,1-3H3,(H,22,23). The molecule has 0 bridgehead atoms. The first-order valence-electron chi connectivity index (χ1n) is 7.15. The predicted molar refractivity (Wildman–Crippen MR) is 74.0 cm³/mol. The second-order valence-corrected chi connectivity index (χ2v) is 6.04. The lowest BCUT2D eigenvalue weighted by Gasteiger charge is -2.27. The van der Waals surface area contributed by atoms with Gasteiger partial charge in [0.05, 0.1) is 11.8 Å². The number of aromatic nitrogens is 2. The molecular weight excluding hydrogens is 315 g/mol. The number of carbonyl (C=O) groups is 2. The number of carboxylic acid groups (broad SMARTS) is 1. The van der Waals surface area contributed by atoms with Gasteiger partial charge in [0.1, 0.15) is 0 Å². The Kier molecular flexibility index (Phi) is 4.16. The number of rotatable bonds is 3. The third-order valence-corrected chi connectivity index (χ3v) is 4.27. The third-order valence-electron chi connectivity index (χ3n) is 4.27. The SMILES string of the molecule is Cc1c(C(=O)N2CCC(C(=O)O)(C(F)(F)F)C2)cnn1C(C)C. The Bertz CT molecular complexity index is 639. The summed E-state index contributed by atoms with van der Waals surface area (Å²) < 4.78 is 41.1. The summed E-state index contributed by atoms with van der Waals surface area (Å²) in [5, 5.41) is 13.1. The number of halogens is 3. The molecule has 0 saturated carbocycles. The second kappa shape index (κ2) is 5.54. The maximum Gasteiger partial charge on any atom is 0.406 e. The first kappa shape index (κ1) is 17.3. The van der Waals surface area contributed by atoms with Crippen LogP contribution in [0.4, 0.5) is 13.2 Å². The van der Waals surface area contributed by atoms with E-state index >= 15 is 0 Å². The van der Waals surface area contributed by atoms with Gasteiger partial charge in [0, 0.05) is 24.8 Å². The van der Waals surface area contributed by atoms with Gasteiger partial charge in [0.2, 0.25) is 0 Å². The van der Waals surface area contributed by atoms with Crippen molar-refractivity contribution < 1.29 is 27.9 Å². The molecule has 1 saturated heterocycles. The van der Waals surface area contributed by atoms with Gasteiger partial charge >= 0.3 is 12.1 Å². The highest BCUT2D eigenvalue weighted by atomic mass is 19.4. The van der Waals surface area contributed by atoms with Crippen molar-refractivity contribution in [1.82, 2.24) is 14.7 Å². The summed E-state index contributed by atoms with van der Waals surface area (Å²) in [6.45, 7) is 4.25. The highest BCUT2D eigenvalue weighted by Crippen LogP contribution is 2.46. The number of alkyl halides is 3. The fourth-order valence-electron chi connectivity index (χ4n) is 2.83. The minimum absolute atomic E-state index is 0.00316. The number of likely N-dealkylation sites (tertiary alicyclic amines) is 1. The highest BCUT2D eigenvalue weighted by Gasteiger charge is 2.64. The van der Waals surface area contributed by atoms with Crippen LogP contribution >= 0.6 is 0 Å². The highest BCUT2D eigenvalue weighted by molar-refractivity contribution is 5.96. The minimum atomic E-state index is -4.91. The van der Waals surface area contributed by atoms with Gasteiger partial charge in [-0.05, 0) is 27.2 Å². The van der Waals surface area contributed by atoms with Crippen molar-refractivity contribution >= 4 is 11.9 Å². The number of carbonyl (C=O) groups excluding carboxylic acids is 1. The van der Waals surface area contributed by atoms with Gasteiger partial charge in [-0.25, -0.2) is 0 Å². The van der Waals surface area contributed by atoms with E-state index in [1.807, 2.05) is 13.8 Å². The zero-order valence-electron chi connectivity index (χ0n) is 13.0. The van der Waals surface area contributed by atoms with Crippen molar-refractivity contribution in [2.75, 3.05) is 13.1 Å². The van der Waals surface area contributed by atoms with Gasteiger partial charge in [-0.2, -0.15) is 18.3 Å². The van der Waals surface area contributed by atoms with E-state index in [0.29, 0.717) is 5.69 Å². The first-order valence-corrected chi connectivity index (χ1v) is 7.15.